The fourth-order valence-corrected chi connectivity index (χ4v) is 6.21. The van der Waals surface area contributed by atoms with Gasteiger partial charge in [0.15, 0.2) is 0 Å². The average Bonchev–Trinajstić information content (AvgIpc) is 2.90. The minimum Gasteiger partial charge on any atom is -0.352 e. The molecule has 0 aliphatic rings. The number of hydrogen-bond donors (Lipinski definition) is 1. The topological polar surface area (TPSA) is 86.8 Å². The van der Waals surface area contributed by atoms with Gasteiger partial charge in [-0.25, -0.2) is 8.42 Å². The molecule has 0 spiro atoms. The van der Waals surface area contributed by atoms with Crippen LogP contribution in [0.3, 0.4) is 0 Å². The molecular weight excluding hydrogens is 557 g/mol. The summed E-state index contributed by atoms with van der Waals surface area (Å²) >= 11 is 12.5. The number of hydrogen-bond acceptors (Lipinski definition) is 4. The monoisotopic (exact) mass is 589 g/mol. The van der Waals surface area contributed by atoms with Gasteiger partial charge in [0.2, 0.25) is 11.8 Å². The normalized spacial score (nSPS) is 12.2. The number of anilines is 1. The van der Waals surface area contributed by atoms with Crippen molar-refractivity contribution in [1.82, 2.24) is 10.2 Å². The van der Waals surface area contributed by atoms with Crippen molar-refractivity contribution >= 4 is 50.7 Å². The highest BCUT2D eigenvalue weighted by Gasteiger charge is 2.34. The molecule has 0 aliphatic carbocycles. The fraction of sp³-hybridized carbons (Fsp3) is 0.310. The van der Waals surface area contributed by atoms with Crippen molar-refractivity contribution in [2.45, 2.75) is 50.6 Å². The van der Waals surface area contributed by atoms with Gasteiger partial charge < -0.3 is 10.2 Å². The van der Waals surface area contributed by atoms with E-state index in [9.17, 15) is 18.0 Å². The average molecular weight is 591 g/mol. The van der Waals surface area contributed by atoms with E-state index in [1.807, 2.05) is 51.1 Å². The SMILES string of the molecule is CCC(C(=O)NC(C)C)N(CCc1ccccc1)C(=O)CN(c1ccc(Cl)cc1Cl)S(=O)(=O)c1ccccc1. The summed E-state index contributed by atoms with van der Waals surface area (Å²) in [6, 6.07) is 20.9. The van der Waals surface area contributed by atoms with Crippen LogP contribution in [0.5, 0.6) is 0 Å². The number of rotatable bonds is 12. The van der Waals surface area contributed by atoms with Gasteiger partial charge in [0.25, 0.3) is 10.0 Å². The number of carbonyl (C=O) groups excluding carboxylic acids is 2. The molecule has 10 heteroatoms. The van der Waals surface area contributed by atoms with Gasteiger partial charge in [-0.15, -0.1) is 0 Å². The van der Waals surface area contributed by atoms with Crippen molar-refractivity contribution in [3.05, 3.63) is 94.5 Å². The lowest BCUT2D eigenvalue weighted by Crippen LogP contribution is -2.54. The Bertz CT molecular complexity index is 1370. The Morgan fingerprint density at radius 2 is 1.54 bits per heavy atom. The summed E-state index contributed by atoms with van der Waals surface area (Å²) in [7, 11) is -4.20. The van der Waals surface area contributed by atoms with Crippen molar-refractivity contribution < 1.29 is 18.0 Å². The molecule has 208 valence electrons. The lowest BCUT2D eigenvalue weighted by Gasteiger charge is -2.33. The highest BCUT2D eigenvalue weighted by Crippen LogP contribution is 2.33. The third-order valence-electron chi connectivity index (χ3n) is 6.09. The molecule has 0 aromatic heterocycles. The molecule has 2 amide bonds. The summed E-state index contributed by atoms with van der Waals surface area (Å²) in [6.45, 7) is 5.18. The minimum atomic E-state index is -4.20. The molecule has 3 aromatic rings. The molecule has 0 fully saturated rings. The van der Waals surface area contributed by atoms with Gasteiger partial charge in [-0.05, 0) is 62.6 Å². The molecular formula is C29H33Cl2N3O4S. The van der Waals surface area contributed by atoms with Crippen LogP contribution in [0.25, 0.3) is 0 Å². The first-order valence-electron chi connectivity index (χ1n) is 12.7. The molecule has 7 nitrogen and oxygen atoms in total. The number of amides is 2. The molecule has 0 saturated heterocycles. The Morgan fingerprint density at radius 1 is 0.923 bits per heavy atom. The number of nitrogens with one attached hydrogen (secondary N) is 1. The van der Waals surface area contributed by atoms with Crippen LogP contribution >= 0.6 is 23.2 Å². The van der Waals surface area contributed by atoms with Crippen molar-refractivity contribution in [2.75, 3.05) is 17.4 Å². The number of sulfonamides is 1. The van der Waals surface area contributed by atoms with Crippen molar-refractivity contribution in [2.24, 2.45) is 0 Å². The zero-order valence-electron chi connectivity index (χ0n) is 22.2. The lowest BCUT2D eigenvalue weighted by molar-refractivity contribution is -0.139. The largest absolute Gasteiger partial charge is 0.352 e. The number of nitrogens with zero attached hydrogens (tertiary/aromatic N) is 2. The van der Waals surface area contributed by atoms with E-state index in [4.69, 9.17) is 23.2 Å². The highest BCUT2D eigenvalue weighted by atomic mass is 35.5. The minimum absolute atomic E-state index is 0.00393. The van der Waals surface area contributed by atoms with Crippen molar-refractivity contribution in [3.63, 3.8) is 0 Å². The third kappa shape index (κ3) is 7.97. The smallest absolute Gasteiger partial charge is 0.264 e. The van der Waals surface area contributed by atoms with Crippen LogP contribution in [0.15, 0.2) is 83.8 Å². The standard InChI is InChI=1S/C29H33Cl2N3O4S/c1-4-26(29(36)32-21(2)3)33(18-17-22-11-7-5-8-12-22)28(35)20-34(27-16-15-23(30)19-25(27)31)39(37,38)24-13-9-6-10-14-24/h5-16,19,21,26H,4,17-18,20H2,1-3H3,(H,32,36). The van der Waals surface area contributed by atoms with Crippen LogP contribution < -0.4 is 9.62 Å². The first-order valence-corrected chi connectivity index (χ1v) is 14.9. The van der Waals surface area contributed by atoms with E-state index in [0.29, 0.717) is 17.9 Å². The van der Waals surface area contributed by atoms with Crippen LogP contribution in [-0.4, -0.2) is 50.3 Å². The van der Waals surface area contributed by atoms with Gasteiger partial charge in [0, 0.05) is 17.6 Å². The molecule has 1 unspecified atom stereocenters. The van der Waals surface area contributed by atoms with Crippen LogP contribution in [0.2, 0.25) is 10.0 Å². The molecule has 1 N–H and O–H groups in total. The van der Waals surface area contributed by atoms with Gasteiger partial charge in [-0.2, -0.15) is 0 Å². The van der Waals surface area contributed by atoms with Crippen LogP contribution in [0.4, 0.5) is 5.69 Å². The first-order chi connectivity index (χ1) is 18.5. The van der Waals surface area contributed by atoms with Crippen molar-refractivity contribution in [3.8, 4) is 0 Å². The van der Waals surface area contributed by atoms with Gasteiger partial charge in [0.1, 0.15) is 12.6 Å². The van der Waals surface area contributed by atoms with E-state index >= 15 is 0 Å². The third-order valence-corrected chi connectivity index (χ3v) is 8.40. The maximum absolute atomic E-state index is 14.0. The Balaban J connectivity index is 2.03. The van der Waals surface area contributed by atoms with Gasteiger partial charge >= 0.3 is 0 Å². The number of halogens is 2. The Hall–Kier alpha value is -3.07. The van der Waals surface area contributed by atoms with Gasteiger partial charge in [-0.1, -0.05) is 78.7 Å². The molecule has 3 aromatic carbocycles. The molecule has 0 bridgehead atoms. The van der Waals surface area contributed by atoms with E-state index in [1.54, 1.807) is 18.2 Å². The maximum Gasteiger partial charge on any atom is 0.264 e. The molecule has 0 radical (unpaired) electrons. The molecule has 0 aliphatic heterocycles. The van der Waals surface area contributed by atoms with Crippen molar-refractivity contribution in [1.29, 1.82) is 0 Å². The lowest BCUT2D eigenvalue weighted by atomic mass is 10.1. The Kier molecular flexibility index (Phi) is 10.8. The molecule has 39 heavy (non-hydrogen) atoms. The summed E-state index contributed by atoms with van der Waals surface area (Å²) in [6.07, 6.45) is 0.845. The van der Waals surface area contributed by atoms with Crippen LogP contribution in [-0.2, 0) is 26.0 Å². The Morgan fingerprint density at radius 3 is 2.10 bits per heavy atom. The first kappa shape index (κ1) is 30.5. The molecule has 3 rings (SSSR count). The maximum atomic E-state index is 14.0. The number of benzene rings is 3. The number of carbonyl (C=O) groups is 2. The predicted molar refractivity (Wildman–Crippen MR) is 157 cm³/mol. The summed E-state index contributed by atoms with van der Waals surface area (Å²) in [4.78, 5) is 28.6. The zero-order chi connectivity index (χ0) is 28.6. The van der Waals surface area contributed by atoms with E-state index in [-0.39, 0.29) is 34.1 Å². The molecule has 0 heterocycles. The van der Waals surface area contributed by atoms with Gasteiger partial charge in [-0.3, -0.25) is 13.9 Å². The van der Waals surface area contributed by atoms with E-state index < -0.39 is 28.5 Å². The van der Waals surface area contributed by atoms with E-state index in [0.717, 1.165) is 9.87 Å². The molecule has 0 saturated carbocycles. The molecule has 1 atom stereocenters. The van der Waals surface area contributed by atoms with Crippen LogP contribution in [0, 0.1) is 0 Å². The second-order valence-corrected chi connectivity index (χ2v) is 12.0. The fourth-order valence-electron chi connectivity index (χ4n) is 4.19. The second kappa shape index (κ2) is 13.8. The van der Waals surface area contributed by atoms with E-state index in [2.05, 4.69) is 5.32 Å². The quantitative estimate of drug-likeness (QED) is 0.299. The summed E-state index contributed by atoms with van der Waals surface area (Å²) < 4.78 is 28.6. The van der Waals surface area contributed by atoms with Crippen LogP contribution in [0.1, 0.15) is 32.8 Å². The highest BCUT2D eigenvalue weighted by molar-refractivity contribution is 7.92. The second-order valence-electron chi connectivity index (χ2n) is 9.33. The summed E-state index contributed by atoms with van der Waals surface area (Å²) in [5.41, 5.74) is 1.10. The predicted octanol–water partition coefficient (Wildman–Crippen LogP) is 5.56. The summed E-state index contributed by atoms with van der Waals surface area (Å²) in [5, 5.41) is 3.29. The van der Waals surface area contributed by atoms with E-state index in [1.165, 1.54) is 35.2 Å². The Labute approximate surface area is 240 Å². The summed E-state index contributed by atoms with van der Waals surface area (Å²) in [5.74, 6) is -0.821. The zero-order valence-corrected chi connectivity index (χ0v) is 24.5. The van der Waals surface area contributed by atoms with Gasteiger partial charge in [0.05, 0.1) is 15.6 Å².